The van der Waals surface area contributed by atoms with Crippen LogP contribution >= 0.6 is 11.6 Å². The lowest BCUT2D eigenvalue weighted by Crippen LogP contribution is -2.15. The molecule has 2 N–H and O–H groups in total. The normalized spacial score (nSPS) is 12.0. The first kappa shape index (κ1) is 17.9. The molecule has 1 unspecified atom stereocenters. The van der Waals surface area contributed by atoms with E-state index in [2.05, 4.69) is 10.1 Å². The Labute approximate surface area is 140 Å². The van der Waals surface area contributed by atoms with Crippen molar-refractivity contribution in [1.82, 2.24) is 0 Å². The number of nitro groups is 1. The number of alkyl halides is 2. The van der Waals surface area contributed by atoms with Crippen LogP contribution in [0.25, 0.3) is 0 Å². The van der Waals surface area contributed by atoms with Crippen molar-refractivity contribution in [2.75, 3.05) is 11.9 Å². The Morgan fingerprint density at radius 1 is 1.25 bits per heavy atom. The highest BCUT2D eigenvalue weighted by molar-refractivity contribution is 6.30. The maximum atomic E-state index is 12.4. The molecule has 9 heteroatoms. The SMILES string of the molecule is O=[N+]([O-])c1ccc(NC(CO)c2ccc(Cl)cc2)cc1OC(F)F. The monoisotopic (exact) mass is 358 g/mol. The molecule has 2 aromatic rings. The summed E-state index contributed by atoms with van der Waals surface area (Å²) in [5, 5.41) is 23.8. The number of nitro benzene ring substituents is 1. The van der Waals surface area contributed by atoms with Crippen molar-refractivity contribution < 1.29 is 23.5 Å². The molecule has 0 saturated carbocycles. The summed E-state index contributed by atoms with van der Waals surface area (Å²) in [5.74, 6) is -0.562. The fourth-order valence-corrected chi connectivity index (χ4v) is 2.20. The van der Waals surface area contributed by atoms with Gasteiger partial charge >= 0.3 is 12.3 Å². The molecule has 0 aliphatic heterocycles. The Bertz CT molecular complexity index is 713. The molecule has 0 fully saturated rings. The molecule has 0 aliphatic rings. The van der Waals surface area contributed by atoms with Crippen LogP contribution in [0.4, 0.5) is 20.2 Å². The fraction of sp³-hybridized carbons (Fsp3) is 0.200. The first-order chi connectivity index (χ1) is 11.4. The van der Waals surface area contributed by atoms with Gasteiger partial charge in [0.05, 0.1) is 17.6 Å². The number of ether oxygens (including phenoxy) is 1. The summed E-state index contributed by atoms with van der Waals surface area (Å²) in [7, 11) is 0. The van der Waals surface area contributed by atoms with Crippen molar-refractivity contribution in [3.05, 3.63) is 63.2 Å². The van der Waals surface area contributed by atoms with E-state index in [0.29, 0.717) is 10.6 Å². The number of benzene rings is 2. The van der Waals surface area contributed by atoms with E-state index >= 15 is 0 Å². The van der Waals surface area contributed by atoms with Crippen molar-refractivity contribution >= 4 is 23.0 Å². The number of nitrogens with one attached hydrogen (secondary N) is 1. The number of nitrogens with zero attached hydrogens (tertiary/aromatic N) is 1. The van der Waals surface area contributed by atoms with Gasteiger partial charge in [0.15, 0.2) is 0 Å². The molecule has 0 aliphatic carbocycles. The third-order valence-corrected chi connectivity index (χ3v) is 3.42. The van der Waals surface area contributed by atoms with Crippen molar-refractivity contribution in [3.8, 4) is 5.75 Å². The molecule has 6 nitrogen and oxygen atoms in total. The van der Waals surface area contributed by atoms with Crippen LogP contribution in [0.3, 0.4) is 0 Å². The lowest BCUT2D eigenvalue weighted by atomic mass is 10.1. The highest BCUT2D eigenvalue weighted by Gasteiger charge is 2.20. The molecular formula is C15H13ClF2N2O4. The molecule has 0 spiro atoms. The molecule has 2 aromatic carbocycles. The van der Waals surface area contributed by atoms with Crippen LogP contribution in [0.5, 0.6) is 5.75 Å². The highest BCUT2D eigenvalue weighted by atomic mass is 35.5. The second-order valence-corrected chi connectivity index (χ2v) is 5.19. The molecule has 128 valence electrons. The summed E-state index contributed by atoms with van der Waals surface area (Å²) >= 11 is 5.80. The molecule has 0 aromatic heterocycles. The first-order valence-corrected chi connectivity index (χ1v) is 7.14. The van der Waals surface area contributed by atoms with Crippen LogP contribution in [0.1, 0.15) is 11.6 Å². The third-order valence-electron chi connectivity index (χ3n) is 3.17. The first-order valence-electron chi connectivity index (χ1n) is 6.77. The largest absolute Gasteiger partial charge is 0.427 e. The molecule has 1 atom stereocenters. The van der Waals surface area contributed by atoms with E-state index in [1.165, 1.54) is 6.07 Å². The lowest BCUT2D eigenvalue weighted by Gasteiger charge is -2.18. The third kappa shape index (κ3) is 4.53. The van der Waals surface area contributed by atoms with Gasteiger partial charge in [-0.15, -0.1) is 0 Å². The van der Waals surface area contributed by atoms with Crippen molar-refractivity contribution in [3.63, 3.8) is 0 Å². The van der Waals surface area contributed by atoms with Gasteiger partial charge in [-0.2, -0.15) is 8.78 Å². The minimum Gasteiger partial charge on any atom is -0.427 e. The van der Waals surface area contributed by atoms with E-state index in [0.717, 1.165) is 12.1 Å². The zero-order chi connectivity index (χ0) is 17.7. The number of rotatable bonds is 7. The molecule has 24 heavy (non-hydrogen) atoms. The quantitative estimate of drug-likeness (QED) is 0.577. The van der Waals surface area contributed by atoms with E-state index in [1.807, 2.05) is 0 Å². The Morgan fingerprint density at radius 2 is 1.92 bits per heavy atom. The predicted molar refractivity (Wildman–Crippen MR) is 84.6 cm³/mol. The van der Waals surface area contributed by atoms with E-state index in [1.54, 1.807) is 24.3 Å². The van der Waals surface area contributed by atoms with E-state index in [4.69, 9.17) is 11.6 Å². The smallest absolute Gasteiger partial charge is 0.387 e. The number of aliphatic hydroxyl groups is 1. The Hall–Kier alpha value is -2.45. The van der Waals surface area contributed by atoms with Crippen LogP contribution in [-0.2, 0) is 0 Å². The van der Waals surface area contributed by atoms with Gasteiger partial charge in [-0.05, 0) is 23.8 Å². The van der Waals surface area contributed by atoms with Gasteiger partial charge in [0, 0.05) is 22.8 Å². The van der Waals surface area contributed by atoms with E-state index in [9.17, 15) is 24.0 Å². The van der Waals surface area contributed by atoms with Crippen LogP contribution in [0.2, 0.25) is 5.02 Å². The molecule has 0 amide bonds. The average Bonchev–Trinajstić information content (AvgIpc) is 2.53. The molecular weight excluding hydrogens is 346 g/mol. The van der Waals surface area contributed by atoms with Crippen molar-refractivity contribution in [1.29, 1.82) is 0 Å². The van der Waals surface area contributed by atoms with Gasteiger partial charge in [-0.3, -0.25) is 10.1 Å². The molecule has 0 saturated heterocycles. The predicted octanol–water partition coefficient (Wildman–Crippen LogP) is 4.00. The van der Waals surface area contributed by atoms with Crippen LogP contribution < -0.4 is 10.1 Å². The van der Waals surface area contributed by atoms with Crippen molar-refractivity contribution in [2.24, 2.45) is 0 Å². The second kappa shape index (κ2) is 7.89. The van der Waals surface area contributed by atoms with Crippen LogP contribution in [0.15, 0.2) is 42.5 Å². The Kier molecular flexibility index (Phi) is 5.88. The van der Waals surface area contributed by atoms with Crippen LogP contribution in [-0.4, -0.2) is 23.2 Å². The average molecular weight is 359 g/mol. The second-order valence-electron chi connectivity index (χ2n) is 4.75. The summed E-state index contributed by atoms with van der Waals surface area (Å²) < 4.78 is 29.0. The van der Waals surface area contributed by atoms with Gasteiger partial charge in [-0.1, -0.05) is 23.7 Å². The standard InChI is InChI=1S/C15H13ClF2N2O4/c16-10-3-1-9(2-4-10)12(8-21)19-11-5-6-13(20(22)23)14(7-11)24-15(17)18/h1-7,12,15,19,21H,8H2. The topological polar surface area (TPSA) is 84.6 Å². The van der Waals surface area contributed by atoms with Gasteiger partial charge in [0.2, 0.25) is 5.75 Å². The van der Waals surface area contributed by atoms with Gasteiger partial charge < -0.3 is 15.2 Å². The van der Waals surface area contributed by atoms with E-state index in [-0.39, 0.29) is 12.3 Å². The molecule has 2 rings (SSSR count). The number of hydrogen-bond donors (Lipinski definition) is 2. The fourth-order valence-electron chi connectivity index (χ4n) is 2.08. The van der Waals surface area contributed by atoms with Gasteiger partial charge in [0.25, 0.3) is 0 Å². The number of hydrogen-bond acceptors (Lipinski definition) is 5. The number of anilines is 1. The Morgan fingerprint density at radius 3 is 2.46 bits per heavy atom. The van der Waals surface area contributed by atoms with E-state index < -0.39 is 29.0 Å². The lowest BCUT2D eigenvalue weighted by molar-refractivity contribution is -0.386. The number of halogens is 3. The maximum Gasteiger partial charge on any atom is 0.387 e. The minimum absolute atomic E-state index is 0.283. The Balaban J connectivity index is 2.27. The summed E-state index contributed by atoms with van der Waals surface area (Å²) in [6.45, 7) is -3.48. The van der Waals surface area contributed by atoms with Crippen LogP contribution in [0, 0.1) is 10.1 Å². The molecule has 0 radical (unpaired) electrons. The summed E-state index contributed by atoms with van der Waals surface area (Å²) in [5.41, 5.74) is 0.412. The highest BCUT2D eigenvalue weighted by Crippen LogP contribution is 2.32. The summed E-state index contributed by atoms with van der Waals surface area (Å²) in [4.78, 5) is 10.0. The molecule has 0 heterocycles. The zero-order valence-electron chi connectivity index (χ0n) is 12.2. The van der Waals surface area contributed by atoms with Gasteiger partial charge in [-0.25, -0.2) is 0 Å². The molecule has 0 bridgehead atoms. The summed E-state index contributed by atoms with van der Waals surface area (Å²) in [6.07, 6.45) is 0. The van der Waals surface area contributed by atoms with Gasteiger partial charge in [0.1, 0.15) is 0 Å². The van der Waals surface area contributed by atoms with Crippen molar-refractivity contribution in [2.45, 2.75) is 12.7 Å². The summed E-state index contributed by atoms with van der Waals surface area (Å²) in [6, 6.07) is 9.60. The minimum atomic E-state index is -3.19. The zero-order valence-corrected chi connectivity index (χ0v) is 12.9. The number of aliphatic hydroxyl groups excluding tert-OH is 1. The maximum absolute atomic E-state index is 12.4.